The quantitative estimate of drug-likeness (QED) is 0.680. The van der Waals surface area contributed by atoms with Crippen molar-refractivity contribution in [3.05, 3.63) is 29.3 Å². The summed E-state index contributed by atoms with van der Waals surface area (Å²) in [7, 11) is 1.70. The van der Waals surface area contributed by atoms with Crippen molar-refractivity contribution in [1.82, 2.24) is 0 Å². The maximum absolute atomic E-state index is 9.96. The van der Waals surface area contributed by atoms with Crippen LogP contribution in [-0.4, -0.2) is 18.4 Å². The van der Waals surface area contributed by atoms with E-state index in [4.69, 9.17) is 0 Å². The molecule has 0 spiro atoms. The normalized spacial score (nSPS) is 12.3. The molecule has 0 aliphatic rings. The van der Waals surface area contributed by atoms with Crippen LogP contribution in [0.25, 0.3) is 0 Å². The molecular formula is C12H17NO. The molecule has 1 N–H and O–H groups in total. The van der Waals surface area contributed by atoms with Crippen molar-refractivity contribution in [3.8, 4) is 5.75 Å². The Balaban J connectivity index is 3.28. The zero-order chi connectivity index (χ0) is 10.8. The lowest BCUT2D eigenvalue weighted by Crippen LogP contribution is -2.11. The average Bonchev–Trinajstić information content (AvgIpc) is 2.07. The minimum Gasteiger partial charge on any atom is -0.507 e. The van der Waals surface area contributed by atoms with Crippen LogP contribution in [-0.2, 0) is 5.41 Å². The van der Waals surface area contributed by atoms with Gasteiger partial charge in [-0.3, -0.25) is 4.99 Å². The zero-order valence-electron chi connectivity index (χ0n) is 9.20. The predicted octanol–water partition coefficient (Wildman–Crippen LogP) is 2.74. The molecule has 0 unspecified atom stereocenters. The van der Waals surface area contributed by atoms with E-state index in [2.05, 4.69) is 25.8 Å². The Bertz CT molecular complexity index is 348. The summed E-state index contributed by atoms with van der Waals surface area (Å²) in [6, 6.07) is 5.75. The largest absolute Gasteiger partial charge is 0.507 e. The molecule has 0 aliphatic heterocycles. The van der Waals surface area contributed by atoms with Crippen LogP contribution in [0, 0.1) is 0 Å². The summed E-state index contributed by atoms with van der Waals surface area (Å²) >= 11 is 0. The molecule has 14 heavy (non-hydrogen) atoms. The van der Waals surface area contributed by atoms with E-state index in [1.165, 1.54) is 0 Å². The van der Waals surface area contributed by atoms with Crippen molar-refractivity contribution in [1.29, 1.82) is 0 Å². The van der Waals surface area contributed by atoms with Gasteiger partial charge in [-0.1, -0.05) is 32.9 Å². The lowest BCUT2D eigenvalue weighted by Gasteiger charge is -2.21. The third kappa shape index (κ3) is 2.13. The van der Waals surface area contributed by atoms with E-state index in [0.29, 0.717) is 5.75 Å². The van der Waals surface area contributed by atoms with Gasteiger partial charge in [0.25, 0.3) is 0 Å². The summed E-state index contributed by atoms with van der Waals surface area (Å²) in [5.41, 5.74) is 1.69. The third-order valence-corrected chi connectivity index (χ3v) is 2.14. The highest BCUT2D eigenvalue weighted by Gasteiger charge is 2.18. The molecule has 1 aromatic carbocycles. The second-order valence-electron chi connectivity index (χ2n) is 4.38. The maximum Gasteiger partial charge on any atom is 0.128 e. The molecule has 76 valence electrons. The summed E-state index contributed by atoms with van der Waals surface area (Å²) < 4.78 is 0. The Kier molecular flexibility index (Phi) is 2.94. The van der Waals surface area contributed by atoms with E-state index in [0.717, 1.165) is 11.1 Å². The highest BCUT2D eigenvalue weighted by molar-refractivity contribution is 5.84. The Hall–Kier alpha value is -1.31. The van der Waals surface area contributed by atoms with Crippen molar-refractivity contribution in [2.24, 2.45) is 4.99 Å². The highest BCUT2D eigenvalue weighted by Crippen LogP contribution is 2.32. The molecular weight excluding hydrogens is 174 g/mol. The van der Waals surface area contributed by atoms with Gasteiger partial charge >= 0.3 is 0 Å². The number of phenols is 1. The first-order valence-corrected chi connectivity index (χ1v) is 4.71. The van der Waals surface area contributed by atoms with Crippen LogP contribution >= 0.6 is 0 Å². The fourth-order valence-corrected chi connectivity index (χ4v) is 1.41. The van der Waals surface area contributed by atoms with E-state index in [-0.39, 0.29) is 5.41 Å². The summed E-state index contributed by atoms with van der Waals surface area (Å²) in [5, 5.41) is 9.96. The van der Waals surface area contributed by atoms with Gasteiger partial charge in [0, 0.05) is 18.8 Å². The molecule has 0 bridgehead atoms. The van der Waals surface area contributed by atoms with Gasteiger partial charge in [0.2, 0.25) is 0 Å². The van der Waals surface area contributed by atoms with Crippen LogP contribution in [0.1, 0.15) is 31.9 Å². The molecule has 0 amide bonds. The van der Waals surface area contributed by atoms with Crippen molar-refractivity contribution in [3.63, 3.8) is 0 Å². The van der Waals surface area contributed by atoms with Crippen LogP contribution < -0.4 is 0 Å². The van der Waals surface area contributed by atoms with Crippen molar-refractivity contribution in [2.75, 3.05) is 7.05 Å². The molecule has 0 heterocycles. The van der Waals surface area contributed by atoms with Crippen LogP contribution in [0.4, 0.5) is 0 Å². The van der Waals surface area contributed by atoms with E-state index in [9.17, 15) is 5.11 Å². The number of rotatable bonds is 1. The number of aliphatic imine (C=N–C) groups is 1. The second-order valence-corrected chi connectivity index (χ2v) is 4.38. The molecule has 0 saturated heterocycles. The molecule has 0 fully saturated rings. The minimum absolute atomic E-state index is 0.0400. The lowest BCUT2D eigenvalue weighted by molar-refractivity contribution is 0.446. The number of aromatic hydroxyl groups is 1. The Morgan fingerprint density at radius 2 is 1.93 bits per heavy atom. The maximum atomic E-state index is 9.96. The SMILES string of the molecule is CN=Cc1cccc(C(C)(C)C)c1O. The van der Waals surface area contributed by atoms with Gasteiger partial charge in [0.05, 0.1) is 0 Å². The molecule has 0 radical (unpaired) electrons. The Labute approximate surface area is 85.3 Å². The van der Waals surface area contributed by atoms with Crippen LogP contribution in [0.2, 0.25) is 0 Å². The molecule has 2 nitrogen and oxygen atoms in total. The molecule has 0 saturated carbocycles. The van der Waals surface area contributed by atoms with Crippen LogP contribution in [0.15, 0.2) is 23.2 Å². The van der Waals surface area contributed by atoms with E-state index < -0.39 is 0 Å². The lowest BCUT2D eigenvalue weighted by atomic mass is 9.85. The number of hydrogen-bond donors (Lipinski definition) is 1. The fraction of sp³-hybridized carbons (Fsp3) is 0.417. The highest BCUT2D eigenvalue weighted by atomic mass is 16.3. The van der Waals surface area contributed by atoms with Crippen molar-refractivity contribution < 1.29 is 5.11 Å². The average molecular weight is 191 g/mol. The van der Waals surface area contributed by atoms with E-state index >= 15 is 0 Å². The Morgan fingerprint density at radius 3 is 2.43 bits per heavy atom. The molecule has 0 aliphatic carbocycles. The fourth-order valence-electron chi connectivity index (χ4n) is 1.41. The van der Waals surface area contributed by atoms with Crippen LogP contribution in [0.5, 0.6) is 5.75 Å². The number of para-hydroxylation sites is 1. The summed E-state index contributed by atoms with van der Waals surface area (Å²) in [6.07, 6.45) is 1.67. The summed E-state index contributed by atoms with van der Waals surface area (Å²) in [4.78, 5) is 3.90. The first-order chi connectivity index (χ1) is 6.46. The van der Waals surface area contributed by atoms with Gasteiger partial charge in [0.1, 0.15) is 5.75 Å². The number of nitrogens with zero attached hydrogens (tertiary/aromatic N) is 1. The standard InChI is InChI=1S/C12H17NO/c1-12(2,3)10-7-5-6-9(8-13-4)11(10)14/h5-8,14H,1-4H3. The smallest absolute Gasteiger partial charge is 0.128 e. The van der Waals surface area contributed by atoms with E-state index in [1.54, 1.807) is 13.3 Å². The third-order valence-electron chi connectivity index (χ3n) is 2.14. The minimum atomic E-state index is -0.0400. The van der Waals surface area contributed by atoms with E-state index in [1.807, 2.05) is 18.2 Å². The predicted molar refractivity (Wildman–Crippen MR) is 60.3 cm³/mol. The van der Waals surface area contributed by atoms with Crippen LogP contribution in [0.3, 0.4) is 0 Å². The van der Waals surface area contributed by atoms with Gasteiger partial charge in [-0.25, -0.2) is 0 Å². The Morgan fingerprint density at radius 1 is 1.29 bits per heavy atom. The van der Waals surface area contributed by atoms with Gasteiger partial charge in [-0.2, -0.15) is 0 Å². The zero-order valence-corrected chi connectivity index (χ0v) is 9.20. The molecule has 1 rings (SSSR count). The van der Waals surface area contributed by atoms with Gasteiger partial charge in [-0.15, -0.1) is 0 Å². The second kappa shape index (κ2) is 3.82. The van der Waals surface area contributed by atoms with Crippen molar-refractivity contribution >= 4 is 6.21 Å². The van der Waals surface area contributed by atoms with Gasteiger partial charge in [-0.05, 0) is 17.0 Å². The van der Waals surface area contributed by atoms with Gasteiger partial charge in [0.15, 0.2) is 0 Å². The molecule has 2 heteroatoms. The summed E-state index contributed by atoms with van der Waals surface area (Å²) in [5.74, 6) is 0.339. The molecule has 1 aromatic rings. The molecule has 0 atom stereocenters. The van der Waals surface area contributed by atoms with Crippen molar-refractivity contribution in [2.45, 2.75) is 26.2 Å². The number of hydrogen-bond acceptors (Lipinski definition) is 2. The first-order valence-electron chi connectivity index (χ1n) is 4.71. The molecule has 0 aromatic heterocycles. The monoisotopic (exact) mass is 191 g/mol. The number of phenolic OH excluding ortho intramolecular Hbond substituents is 1. The summed E-state index contributed by atoms with van der Waals surface area (Å²) in [6.45, 7) is 6.23. The number of benzene rings is 1. The topological polar surface area (TPSA) is 32.6 Å². The van der Waals surface area contributed by atoms with Gasteiger partial charge < -0.3 is 5.11 Å². The first kappa shape index (κ1) is 10.8.